The minimum absolute atomic E-state index is 0.305. The molecule has 0 aromatic rings. The molecule has 1 saturated heterocycles. The summed E-state index contributed by atoms with van der Waals surface area (Å²) in [6.45, 7) is 10.0. The van der Waals surface area contributed by atoms with Gasteiger partial charge >= 0.3 is 0 Å². The second kappa shape index (κ2) is 7.54. The lowest BCUT2D eigenvalue weighted by molar-refractivity contribution is 0.0782. The molecule has 1 atom stereocenters. The van der Waals surface area contributed by atoms with Gasteiger partial charge in [-0.2, -0.15) is 0 Å². The van der Waals surface area contributed by atoms with Crippen molar-refractivity contribution < 1.29 is 4.74 Å². The lowest BCUT2D eigenvalue weighted by Gasteiger charge is -2.31. The zero-order valence-electron chi connectivity index (χ0n) is 11.5. The Morgan fingerprint density at radius 2 is 2.29 bits per heavy atom. The molecule has 0 aromatic heterocycles. The van der Waals surface area contributed by atoms with E-state index < -0.39 is 0 Å². The van der Waals surface area contributed by atoms with Crippen LogP contribution in [0.15, 0.2) is 4.99 Å². The fourth-order valence-corrected chi connectivity index (χ4v) is 2.07. The maximum Gasteiger partial charge on any atom is 0.191 e. The van der Waals surface area contributed by atoms with Gasteiger partial charge in [-0.15, -0.1) is 0 Å². The predicted molar refractivity (Wildman–Crippen MR) is 72.2 cm³/mol. The quantitative estimate of drug-likeness (QED) is 0.454. The van der Waals surface area contributed by atoms with Crippen LogP contribution in [0.3, 0.4) is 0 Å². The van der Waals surface area contributed by atoms with E-state index in [4.69, 9.17) is 10.5 Å². The minimum atomic E-state index is 0.305. The van der Waals surface area contributed by atoms with Gasteiger partial charge in [0.25, 0.3) is 0 Å². The third-order valence-electron chi connectivity index (χ3n) is 3.01. The summed E-state index contributed by atoms with van der Waals surface area (Å²) in [6.07, 6.45) is 3.79. The molecule has 100 valence electrons. The highest BCUT2D eigenvalue weighted by Crippen LogP contribution is 2.14. The number of hydrogen-bond donors (Lipinski definition) is 1. The van der Waals surface area contributed by atoms with E-state index in [1.165, 1.54) is 12.8 Å². The average molecular weight is 241 g/mol. The van der Waals surface area contributed by atoms with Crippen molar-refractivity contribution >= 4 is 5.96 Å². The first-order valence-corrected chi connectivity index (χ1v) is 6.76. The molecular formula is C13H27N3O. The maximum atomic E-state index is 5.99. The predicted octanol–water partition coefficient (Wildman–Crippen LogP) is 1.85. The number of rotatable bonds is 5. The molecule has 1 aliphatic rings. The summed E-state index contributed by atoms with van der Waals surface area (Å²) < 4.78 is 5.46. The highest BCUT2D eigenvalue weighted by atomic mass is 16.5. The Hall–Kier alpha value is -0.770. The summed E-state index contributed by atoms with van der Waals surface area (Å²) in [5.74, 6) is 1.45. The third-order valence-corrected chi connectivity index (χ3v) is 3.01. The Bertz CT molecular complexity index is 241. The molecule has 1 heterocycles. The standard InChI is InChI=1S/C13H27N3O/c1-11(2)17-9-5-7-15-13(14)16-8-4-6-12(3)10-16/h11-12H,4-10H2,1-3H3,(H2,14,15). The normalized spacial score (nSPS) is 22.2. The van der Waals surface area contributed by atoms with Crippen molar-refractivity contribution in [1.29, 1.82) is 0 Å². The van der Waals surface area contributed by atoms with E-state index in [9.17, 15) is 0 Å². The van der Waals surface area contributed by atoms with E-state index >= 15 is 0 Å². The van der Waals surface area contributed by atoms with Crippen molar-refractivity contribution in [2.24, 2.45) is 16.6 Å². The number of aliphatic imine (C=N–C) groups is 1. The van der Waals surface area contributed by atoms with E-state index in [0.29, 0.717) is 12.1 Å². The molecule has 0 aliphatic carbocycles. The zero-order chi connectivity index (χ0) is 12.7. The molecule has 1 rings (SSSR count). The van der Waals surface area contributed by atoms with E-state index in [1.54, 1.807) is 0 Å². The van der Waals surface area contributed by atoms with Gasteiger partial charge in [0.15, 0.2) is 5.96 Å². The molecule has 0 aromatic carbocycles. The summed E-state index contributed by atoms with van der Waals surface area (Å²) >= 11 is 0. The van der Waals surface area contributed by atoms with Crippen LogP contribution in [0.4, 0.5) is 0 Å². The monoisotopic (exact) mass is 241 g/mol. The molecule has 0 bridgehead atoms. The summed E-state index contributed by atoms with van der Waals surface area (Å²) in [5.41, 5.74) is 5.99. The number of piperidine rings is 1. The van der Waals surface area contributed by atoms with Gasteiger partial charge in [0.1, 0.15) is 0 Å². The lowest BCUT2D eigenvalue weighted by atomic mass is 10.0. The molecule has 17 heavy (non-hydrogen) atoms. The second-order valence-electron chi connectivity index (χ2n) is 5.21. The number of nitrogens with two attached hydrogens (primary N) is 1. The van der Waals surface area contributed by atoms with Crippen molar-refractivity contribution in [2.45, 2.75) is 46.1 Å². The van der Waals surface area contributed by atoms with E-state index in [-0.39, 0.29) is 0 Å². The van der Waals surface area contributed by atoms with Crippen LogP contribution in [0.25, 0.3) is 0 Å². The Balaban J connectivity index is 2.19. The molecule has 4 heteroatoms. The average Bonchev–Trinajstić information content (AvgIpc) is 2.28. The molecule has 1 aliphatic heterocycles. The first-order valence-electron chi connectivity index (χ1n) is 6.76. The van der Waals surface area contributed by atoms with Gasteiger partial charge in [0.05, 0.1) is 6.10 Å². The first kappa shape index (κ1) is 14.3. The van der Waals surface area contributed by atoms with Crippen LogP contribution in [0.5, 0.6) is 0 Å². The lowest BCUT2D eigenvalue weighted by Crippen LogP contribution is -2.43. The van der Waals surface area contributed by atoms with Crippen LogP contribution in [-0.2, 0) is 4.74 Å². The Morgan fingerprint density at radius 1 is 1.53 bits per heavy atom. The van der Waals surface area contributed by atoms with E-state index in [2.05, 4.69) is 16.8 Å². The van der Waals surface area contributed by atoms with Gasteiger partial charge in [-0.1, -0.05) is 6.92 Å². The summed E-state index contributed by atoms with van der Waals surface area (Å²) in [7, 11) is 0. The SMILES string of the molecule is CC1CCCN(C(N)=NCCCOC(C)C)C1. The van der Waals surface area contributed by atoms with Crippen LogP contribution in [0, 0.1) is 5.92 Å². The zero-order valence-corrected chi connectivity index (χ0v) is 11.5. The van der Waals surface area contributed by atoms with E-state index in [0.717, 1.165) is 38.6 Å². The van der Waals surface area contributed by atoms with Crippen LogP contribution >= 0.6 is 0 Å². The molecule has 1 fully saturated rings. The molecule has 2 N–H and O–H groups in total. The third kappa shape index (κ3) is 5.91. The van der Waals surface area contributed by atoms with Crippen LogP contribution in [-0.4, -0.2) is 43.2 Å². The maximum absolute atomic E-state index is 5.99. The first-order chi connectivity index (χ1) is 8.09. The Labute approximate surface area is 105 Å². The van der Waals surface area contributed by atoms with Gasteiger partial charge in [0.2, 0.25) is 0 Å². The largest absolute Gasteiger partial charge is 0.379 e. The molecule has 0 radical (unpaired) electrons. The highest BCUT2D eigenvalue weighted by Gasteiger charge is 2.17. The van der Waals surface area contributed by atoms with Gasteiger partial charge in [-0.05, 0) is 39.0 Å². The Morgan fingerprint density at radius 3 is 2.94 bits per heavy atom. The number of likely N-dealkylation sites (tertiary alicyclic amines) is 1. The smallest absolute Gasteiger partial charge is 0.191 e. The number of nitrogens with zero attached hydrogens (tertiary/aromatic N) is 2. The summed E-state index contributed by atoms with van der Waals surface area (Å²) in [5, 5.41) is 0. The summed E-state index contributed by atoms with van der Waals surface area (Å²) in [6, 6.07) is 0. The number of guanidine groups is 1. The molecule has 0 spiro atoms. The second-order valence-corrected chi connectivity index (χ2v) is 5.21. The Kier molecular flexibility index (Phi) is 6.34. The number of hydrogen-bond acceptors (Lipinski definition) is 2. The van der Waals surface area contributed by atoms with Crippen molar-refractivity contribution in [3.8, 4) is 0 Å². The van der Waals surface area contributed by atoms with Gasteiger partial charge in [0, 0.05) is 26.2 Å². The van der Waals surface area contributed by atoms with Crippen LogP contribution < -0.4 is 5.73 Å². The fraction of sp³-hybridized carbons (Fsp3) is 0.923. The molecule has 1 unspecified atom stereocenters. The summed E-state index contributed by atoms with van der Waals surface area (Å²) in [4.78, 5) is 6.63. The van der Waals surface area contributed by atoms with Crippen molar-refractivity contribution in [1.82, 2.24) is 4.90 Å². The molecule has 0 amide bonds. The van der Waals surface area contributed by atoms with E-state index in [1.807, 2.05) is 13.8 Å². The van der Waals surface area contributed by atoms with Crippen molar-refractivity contribution in [3.63, 3.8) is 0 Å². The minimum Gasteiger partial charge on any atom is -0.379 e. The van der Waals surface area contributed by atoms with Crippen molar-refractivity contribution in [2.75, 3.05) is 26.2 Å². The number of ether oxygens (including phenoxy) is 1. The van der Waals surface area contributed by atoms with Crippen LogP contribution in [0.1, 0.15) is 40.0 Å². The van der Waals surface area contributed by atoms with Crippen LogP contribution in [0.2, 0.25) is 0 Å². The molecular weight excluding hydrogens is 214 g/mol. The fourth-order valence-electron chi connectivity index (χ4n) is 2.07. The van der Waals surface area contributed by atoms with Crippen molar-refractivity contribution in [3.05, 3.63) is 0 Å². The van der Waals surface area contributed by atoms with Gasteiger partial charge in [-0.25, -0.2) is 0 Å². The van der Waals surface area contributed by atoms with Gasteiger partial charge in [-0.3, -0.25) is 4.99 Å². The molecule has 4 nitrogen and oxygen atoms in total. The topological polar surface area (TPSA) is 50.8 Å². The highest BCUT2D eigenvalue weighted by molar-refractivity contribution is 5.78. The van der Waals surface area contributed by atoms with Gasteiger partial charge < -0.3 is 15.4 Å². The molecule has 0 saturated carbocycles.